The van der Waals surface area contributed by atoms with Crippen molar-refractivity contribution in [1.29, 1.82) is 0 Å². The average molecular weight is 400 g/mol. The number of aromatic nitrogens is 3. The van der Waals surface area contributed by atoms with Crippen LogP contribution in [0.15, 0.2) is 53.3 Å². The molecule has 0 aliphatic heterocycles. The first-order valence-electron chi connectivity index (χ1n) is 7.96. The van der Waals surface area contributed by atoms with Crippen LogP contribution in [0.3, 0.4) is 0 Å². The van der Waals surface area contributed by atoms with E-state index in [1.807, 2.05) is 35.0 Å². The first-order chi connectivity index (χ1) is 12.1. The van der Waals surface area contributed by atoms with E-state index in [2.05, 4.69) is 39.9 Å². The van der Waals surface area contributed by atoms with E-state index in [1.165, 1.54) is 0 Å². The third-order valence-corrected chi connectivity index (χ3v) is 4.50. The van der Waals surface area contributed by atoms with Crippen LogP contribution in [0, 0.1) is 0 Å². The van der Waals surface area contributed by atoms with Crippen molar-refractivity contribution in [2.75, 3.05) is 0 Å². The van der Waals surface area contributed by atoms with Crippen LogP contribution >= 0.6 is 15.9 Å². The molecule has 0 aliphatic rings. The molecule has 0 saturated carbocycles. The molecule has 3 aromatic rings. The third-order valence-electron chi connectivity index (χ3n) is 3.81. The summed E-state index contributed by atoms with van der Waals surface area (Å²) >= 11 is 3.37. The van der Waals surface area contributed by atoms with Gasteiger partial charge in [-0.25, -0.2) is 0 Å². The van der Waals surface area contributed by atoms with E-state index in [0.717, 1.165) is 23.2 Å². The maximum absolute atomic E-state index is 11.3. The van der Waals surface area contributed by atoms with Crippen molar-refractivity contribution in [3.63, 3.8) is 0 Å². The molecule has 6 heteroatoms. The fourth-order valence-electron chi connectivity index (χ4n) is 2.61. The van der Waals surface area contributed by atoms with E-state index in [0.29, 0.717) is 22.4 Å². The largest absolute Gasteiger partial charge is 0.488 e. The molecule has 2 aromatic heterocycles. The van der Waals surface area contributed by atoms with Gasteiger partial charge in [0, 0.05) is 28.5 Å². The smallest absolute Gasteiger partial charge is 0.154 e. The van der Waals surface area contributed by atoms with Gasteiger partial charge in [-0.15, -0.1) is 0 Å². The molecule has 0 saturated heterocycles. The Morgan fingerprint density at radius 1 is 1.20 bits per heavy atom. The fourth-order valence-corrected chi connectivity index (χ4v) is 3.05. The minimum absolute atomic E-state index is 0.229. The standard InChI is InChI=1S/C19H18BrN3O2/c1-13(2)23-17(8-10-22-23)19-14(5-4-9-21-19)12-25-18-7-3-6-16(20)15(18)11-24/h3-11,13H,12H2,1-2H3. The van der Waals surface area contributed by atoms with Gasteiger partial charge in [-0.1, -0.05) is 12.1 Å². The summed E-state index contributed by atoms with van der Waals surface area (Å²) in [6, 6.07) is 11.5. The molecule has 0 bridgehead atoms. The highest BCUT2D eigenvalue weighted by molar-refractivity contribution is 9.10. The molecular weight excluding hydrogens is 382 g/mol. The molecule has 0 aliphatic carbocycles. The first-order valence-corrected chi connectivity index (χ1v) is 8.75. The molecule has 1 aromatic carbocycles. The van der Waals surface area contributed by atoms with Gasteiger partial charge in [0.25, 0.3) is 0 Å². The Balaban J connectivity index is 1.91. The zero-order valence-corrected chi connectivity index (χ0v) is 15.6. The Morgan fingerprint density at radius 3 is 2.80 bits per heavy atom. The number of carbonyl (C=O) groups excluding carboxylic acids is 1. The lowest BCUT2D eigenvalue weighted by Gasteiger charge is -2.14. The Morgan fingerprint density at radius 2 is 2.04 bits per heavy atom. The third kappa shape index (κ3) is 3.64. The summed E-state index contributed by atoms with van der Waals surface area (Å²) in [6.07, 6.45) is 4.32. The normalized spacial score (nSPS) is 10.9. The number of halogens is 1. The molecule has 0 spiro atoms. The summed E-state index contributed by atoms with van der Waals surface area (Å²) in [6.45, 7) is 4.46. The Hall–Kier alpha value is -2.47. The number of rotatable bonds is 6. The SMILES string of the molecule is CC(C)n1nccc1-c1ncccc1COc1cccc(Br)c1C=O. The van der Waals surface area contributed by atoms with Crippen LogP contribution < -0.4 is 4.74 Å². The minimum atomic E-state index is 0.229. The second kappa shape index (κ2) is 7.61. The molecule has 25 heavy (non-hydrogen) atoms. The summed E-state index contributed by atoms with van der Waals surface area (Å²) in [5.41, 5.74) is 3.21. The number of nitrogens with zero attached hydrogens (tertiary/aromatic N) is 3. The van der Waals surface area contributed by atoms with Crippen molar-refractivity contribution in [2.45, 2.75) is 26.5 Å². The summed E-state index contributed by atoms with van der Waals surface area (Å²) in [7, 11) is 0. The van der Waals surface area contributed by atoms with Crippen LogP contribution in [-0.4, -0.2) is 21.1 Å². The predicted molar refractivity (Wildman–Crippen MR) is 99.7 cm³/mol. The van der Waals surface area contributed by atoms with Gasteiger partial charge in [0.15, 0.2) is 6.29 Å². The van der Waals surface area contributed by atoms with Crippen molar-refractivity contribution in [1.82, 2.24) is 14.8 Å². The Labute approximate surface area is 154 Å². The predicted octanol–water partition coefficient (Wildman–Crippen LogP) is 4.68. The zero-order valence-electron chi connectivity index (χ0n) is 14.0. The van der Waals surface area contributed by atoms with Crippen molar-refractivity contribution in [3.05, 3.63) is 64.4 Å². The second-order valence-electron chi connectivity index (χ2n) is 5.82. The molecule has 3 rings (SSSR count). The van der Waals surface area contributed by atoms with Gasteiger partial charge in [0.1, 0.15) is 12.4 Å². The van der Waals surface area contributed by atoms with E-state index in [4.69, 9.17) is 4.74 Å². The van der Waals surface area contributed by atoms with Gasteiger partial charge in [-0.05, 0) is 54.0 Å². The summed E-state index contributed by atoms with van der Waals surface area (Å²) in [4.78, 5) is 15.8. The second-order valence-corrected chi connectivity index (χ2v) is 6.68. The Kier molecular flexibility index (Phi) is 5.28. The van der Waals surface area contributed by atoms with Crippen molar-refractivity contribution >= 4 is 22.2 Å². The maximum Gasteiger partial charge on any atom is 0.154 e. The van der Waals surface area contributed by atoms with Crippen LogP contribution in [0.5, 0.6) is 5.75 Å². The summed E-state index contributed by atoms with van der Waals surface area (Å²) in [5, 5.41) is 4.37. The average Bonchev–Trinajstić information content (AvgIpc) is 3.10. The quantitative estimate of drug-likeness (QED) is 0.564. The molecule has 2 heterocycles. The highest BCUT2D eigenvalue weighted by atomic mass is 79.9. The maximum atomic E-state index is 11.3. The number of hydrogen-bond donors (Lipinski definition) is 0. The van der Waals surface area contributed by atoms with Gasteiger partial charge < -0.3 is 4.74 Å². The molecule has 0 N–H and O–H groups in total. The van der Waals surface area contributed by atoms with Gasteiger partial charge in [0.05, 0.1) is 17.0 Å². The van der Waals surface area contributed by atoms with Crippen molar-refractivity contribution in [2.24, 2.45) is 0 Å². The fraction of sp³-hybridized carbons (Fsp3) is 0.211. The van der Waals surface area contributed by atoms with E-state index >= 15 is 0 Å². The number of ether oxygens (including phenoxy) is 1. The molecule has 128 valence electrons. The van der Waals surface area contributed by atoms with Gasteiger partial charge in [-0.2, -0.15) is 5.10 Å². The van der Waals surface area contributed by atoms with Gasteiger partial charge in [-0.3, -0.25) is 14.5 Å². The number of carbonyl (C=O) groups is 1. The molecule has 0 radical (unpaired) electrons. The van der Waals surface area contributed by atoms with Crippen LogP contribution in [0.4, 0.5) is 0 Å². The van der Waals surface area contributed by atoms with Crippen LogP contribution in [-0.2, 0) is 6.61 Å². The number of aldehydes is 1. The van der Waals surface area contributed by atoms with E-state index < -0.39 is 0 Å². The molecule has 5 nitrogen and oxygen atoms in total. The topological polar surface area (TPSA) is 57.0 Å². The van der Waals surface area contributed by atoms with E-state index in [9.17, 15) is 4.79 Å². The number of hydrogen-bond acceptors (Lipinski definition) is 4. The van der Waals surface area contributed by atoms with Crippen LogP contribution in [0.25, 0.3) is 11.4 Å². The minimum Gasteiger partial charge on any atom is -0.488 e. The summed E-state index contributed by atoms with van der Waals surface area (Å²) in [5.74, 6) is 0.538. The van der Waals surface area contributed by atoms with E-state index in [-0.39, 0.29) is 6.04 Å². The zero-order chi connectivity index (χ0) is 17.8. The number of benzene rings is 1. The van der Waals surface area contributed by atoms with Crippen LogP contribution in [0.2, 0.25) is 0 Å². The van der Waals surface area contributed by atoms with Gasteiger partial charge >= 0.3 is 0 Å². The van der Waals surface area contributed by atoms with Gasteiger partial charge in [0.2, 0.25) is 0 Å². The molecular formula is C19H18BrN3O2. The number of pyridine rings is 1. The van der Waals surface area contributed by atoms with Crippen molar-refractivity contribution in [3.8, 4) is 17.1 Å². The van der Waals surface area contributed by atoms with E-state index in [1.54, 1.807) is 18.5 Å². The highest BCUT2D eigenvalue weighted by Crippen LogP contribution is 2.28. The lowest BCUT2D eigenvalue weighted by molar-refractivity contribution is 0.111. The summed E-state index contributed by atoms with van der Waals surface area (Å²) < 4.78 is 8.55. The lowest BCUT2D eigenvalue weighted by atomic mass is 10.1. The van der Waals surface area contributed by atoms with Crippen LogP contribution in [0.1, 0.15) is 35.8 Å². The molecule has 0 amide bonds. The molecule has 0 atom stereocenters. The monoisotopic (exact) mass is 399 g/mol. The Bertz CT molecular complexity index is 890. The molecule has 0 unspecified atom stereocenters. The molecule has 0 fully saturated rings. The van der Waals surface area contributed by atoms with Crippen molar-refractivity contribution < 1.29 is 9.53 Å². The highest BCUT2D eigenvalue weighted by Gasteiger charge is 2.14. The first kappa shape index (κ1) is 17.4. The lowest BCUT2D eigenvalue weighted by Crippen LogP contribution is -2.08.